The fourth-order valence-electron chi connectivity index (χ4n) is 2.38. The Kier molecular flexibility index (Phi) is 3.39. The summed E-state index contributed by atoms with van der Waals surface area (Å²) in [5.74, 6) is 0. The van der Waals surface area contributed by atoms with Crippen LogP contribution in [0.2, 0.25) is 0 Å². The lowest BCUT2D eigenvalue weighted by Crippen LogP contribution is -2.35. The van der Waals surface area contributed by atoms with Crippen LogP contribution in [0.1, 0.15) is 53.4 Å². The lowest BCUT2D eigenvalue weighted by Gasteiger charge is -2.30. The van der Waals surface area contributed by atoms with Crippen molar-refractivity contribution in [2.75, 3.05) is 7.05 Å². The van der Waals surface area contributed by atoms with Crippen LogP contribution in [0.25, 0.3) is 0 Å². The Hall–Kier alpha value is -0.0400. The fourth-order valence-corrected chi connectivity index (χ4v) is 2.38. The second kappa shape index (κ2) is 4.00. The lowest BCUT2D eigenvalue weighted by molar-refractivity contribution is 0.181. The van der Waals surface area contributed by atoms with Crippen LogP contribution in [0.3, 0.4) is 0 Å². The van der Waals surface area contributed by atoms with Crippen molar-refractivity contribution in [2.45, 2.75) is 65.5 Å². The molecule has 1 saturated carbocycles. The molecule has 0 aromatic heterocycles. The molecule has 1 fully saturated rings. The van der Waals surface area contributed by atoms with E-state index in [9.17, 15) is 0 Å². The molecule has 0 N–H and O–H groups in total. The molecule has 2 atom stereocenters. The van der Waals surface area contributed by atoms with E-state index in [0.29, 0.717) is 11.5 Å². The van der Waals surface area contributed by atoms with Crippen molar-refractivity contribution in [3.8, 4) is 0 Å². The van der Waals surface area contributed by atoms with Gasteiger partial charge in [-0.05, 0) is 45.6 Å². The Balaban J connectivity index is 2.49. The van der Waals surface area contributed by atoms with Crippen molar-refractivity contribution in [3.05, 3.63) is 0 Å². The van der Waals surface area contributed by atoms with Crippen LogP contribution in [0, 0.1) is 5.41 Å². The summed E-state index contributed by atoms with van der Waals surface area (Å²) in [6.45, 7) is 9.36. The van der Waals surface area contributed by atoms with Crippen molar-refractivity contribution < 1.29 is 0 Å². The molecule has 1 aliphatic rings. The first-order valence-corrected chi connectivity index (χ1v) is 5.70. The molecule has 0 aliphatic heterocycles. The third-order valence-corrected chi connectivity index (χ3v) is 4.05. The summed E-state index contributed by atoms with van der Waals surface area (Å²) in [6.07, 6.45) is 5.57. The SMILES string of the molecule is CCC1(C)CCC(N(C)C(C)C)C1. The van der Waals surface area contributed by atoms with E-state index < -0.39 is 0 Å². The maximum atomic E-state index is 2.54. The van der Waals surface area contributed by atoms with Crippen LogP contribution in [0.4, 0.5) is 0 Å². The zero-order valence-electron chi connectivity index (χ0n) is 9.93. The quantitative estimate of drug-likeness (QED) is 0.649. The summed E-state index contributed by atoms with van der Waals surface area (Å²) < 4.78 is 0. The van der Waals surface area contributed by atoms with Gasteiger partial charge >= 0.3 is 0 Å². The zero-order valence-corrected chi connectivity index (χ0v) is 9.93. The molecule has 0 radical (unpaired) electrons. The van der Waals surface area contributed by atoms with E-state index in [1.807, 2.05) is 0 Å². The van der Waals surface area contributed by atoms with Gasteiger partial charge in [0.1, 0.15) is 0 Å². The topological polar surface area (TPSA) is 3.24 Å². The van der Waals surface area contributed by atoms with Crippen LogP contribution in [0.5, 0.6) is 0 Å². The predicted molar refractivity (Wildman–Crippen MR) is 58.9 cm³/mol. The summed E-state index contributed by atoms with van der Waals surface area (Å²) in [5, 5.41) is 0. The largest absolute Gasteiger partial charge is 0.301 e. The third-order valence-electron chi connectivity index (χ3n) is 4.05. The van der Waals surface area contributed by atoms with E-state index in [1.165, 1.54) is 25.7 Å². The van der Waals surface area contributed by atoms with E-state index in [0.717, 1.165) is 6.04 Å². The highest BCUT2D eigenvalue weighted by atomic mass is 15.2. The van der Waals surface area contributed by atoms with Crippen LogP contribution in [-0.2, 0) is 0 Å². The van der Waals surface area contributed by atoms with Gasteiger partial charge in [-0.2, -0.15) is 0 Å². The number of rotatable bonds is 3. The van der Waals surface area contributed by atoms with E-state index in [-0.39, 0.29) is 0 Å². The highest BCUT2D eigenvalue weighted by molar-refractivity contribution is 4.89. The minimum absolute atomic E-state index is 0.633. The Morgan fingerprint density at radius 2 is 2.08 bits per heavy atom. The first kappa shape index (κ1) is 11.0. The lowest BCUT2D eigenvalue weighted by atomic mass is 9.86. The molecule has 0 saturated heterocycles. The molecule has 1 heteroatoms. The summed E-state index contributed by atoms with van der Waals surface area (Å²) in [5.41, 5.74) is 0.633. The van der Waals surface area contributed by atoms with Gasteiger partial charge in [0.25, 0.3) is 0 Å². The fraction of sp³-hybridized carbons (Fsp3) is 1.00. The minimum Gasteiger partial charge on any atom is -0.301 e. The summed E-state index contributed by atoms with van der Waals surface area (Å²) in [4.78, 5) is 2.54. The van der Waals surface area contributed by atoms with E-state index in [4.69, 9.17) is 0 Å². The number of nitrogens with zero attached hydrogens (tertiary/aromatic N) is 1. The van der Waals surface area contributed by atoms with Gasteiger partial charge in [0, 0.05) is 12.1 Å². The molecule has 78 valence electrons. The van der Waals surface area contributed by atoms with E-state index >= 15 is 0 Å². The second-order valence-electron chi connectivity index (χ2n) is 5.32. The van der Waals surface area contributed by atoms with Gasteiger partial charge in [0.05, 0.1) is 0 Å². The van der Waals surface area contributed by atoms with Gasteiger partial charge in [-0.25, -0.2) is 0 Å². The molecule has 13 heavy (non-hydrogen) atoms. The normalized spacial score (nSPS) is 34.8. The van der Waals surface area contributed by atoms with Crippen molar-refractivity contribution in [1.29, 1.82) is 0 Å². The molecule has 0 amide bonds. The Morgan fingerprint density at radius 1 is 1.46 bits per heavy atom. The molecule has 0 bridgehead atoms. The summed E-state index contributed by atoms with van der Waals surface area (Å²) in [6, 6.07) is 1.54. The molecule has 0 aromatic carbocycles. The molecule has 1 nitrogen and oxygen atoms in total. The monoisotopic (exact) mass is 183 g/mol. The minimum atomic E-state index is 0.633. The van der Waals surface area contributed by atoms with Gasteiger partial charge < -0.3 is 4.90 Å². The van der Waals surface area contributed by atoms with Crippen LogP contribution >= 0.6 is 0 Å². The molecule has 0 aromatic rings. The number of hydrogen-bond donors (Lipinski definition) is 0. The third kappa shape index (κ3) is 2.46. The average molecular weight is 183 g/mol. The molecule has 1 rings (SSSR count). The summed E-state index contributed by atoms with van der Waals surface area (Å²) in [7, 11) is 2.27. The van der Waals surface area contributed by atoms with Crippen molar-refractivity contribution in [2.24, 2.45) is 5.41 Å². The smallest absolute Gasteiger partial charge is 0.0100 e. The zero-order chi connectivity index (χ0) is 10.1. The van der Waals surface area contributed by atoms with E-state index in [2.05, 4.69) is 39.6 Å². The van der Waals surface area contributed by atoms with Gasteiger partial charge in [0.2, 0.25) is 0 Å². The van der Waals surface area contributed by atoms with Crippen LogP contribution in [0.15, 0.2) is 0 Å². The highest BCUT2D eigenvalue weighted by Gasteiger charge is 2.35. The molecule has 0 heterocycles. The maximum absolute atomic E-state index is 2.54. The molecule has 2 unspecified atom stereocenters. The first-order chi connectivity index (χ1) is 5.98. The highest BCUT2D eigenvalue weighted by Crippen LogP contribution is 2.42. The average Bonchev–Trinajstić information content (AvgIpc) is 2.47. The Morgan fingerprint density at radius 3 is 2.46 bits per heavy atom. The molecule has 0 spiro atoms. The van der Waals surface area contributed by atoms with Gasteiger partial charge in [-0.15, -0.1) is 0 Å². The van der Waals surface area contributed by atoms with Crippen molar-refractivity contribution >= 4 is 0 Å². The Labute approximate surface area is 83.5 Å². The van der Waals surface area contributed by atoms with Crippen molar-refractivity contribution in [1.82, 2.24) is 4.90 Å². The Bertz CT molecular complexity index is 165. The predicted octanol–water partition coefficient (Wildman–Crippen LogP) is 3.30. The number of hydrogen-bond acceptors (Lipinski definition) is 1. The summed E-state index contributed by atoms with van der Waals surface area (Å²) >= 11 is 0. The van der Waals surface area contributed by atoms with E-state index in [1.54, 1.807) is 0 Å². The van der Waals surface area contributed by atoms with Crippen molar-refractivity contribution in [3.63, 3.8) is 0 Å². The maximum Gasteiger partial charge on any atom is 0.0100 e. The van der Waals surface area contributed by atoms with Gasteiger partial charge in [-0.3, -0.25) is 0 Å². The standard InChI is InChI=1S/C12H25N/c1-6-12(4)8-7-11(9-12)13(5)10(2)3/h10-11H,6-9H2,1-5H3. The van der Waals surface area contributed by atoms with Crippen LogP contribution < -0.4 is 0 Å². The molecular formula is C12H25N. The van der Waals surface area contributed by atoms with Gasteiger partial charge in [-0.1, -0.05) is 20.3 Å². The van der Waals surface area contributed by atoms with Gasteiger partial charge in [0.15, 0.2) is 0 Å². The first-order valence-electron chi connectivity index (χ1n) is 5.70. The van der Waals surface area contributed by atoms with Crippen LogP contribution in [-0.4, -0.2) is 24.0 Å². The molecular weight excluding hydrogens is 158 g/mol. The second-order valence-corrected chi connectivity index (χ2v) is 5.32. The molecule has 1 aliphatic carbocycles.